The molecule has 0 unspecified atom stereocenters. The molecule has 0 aliphatic heterocycles. The third kappa shape index (κ3) is 1.37. The second kappa shape index (κ2) is 3.14. The van der Waals surface area contributed by atoms with Crippen LogP contribution in [-0.4, -0.2) is 7.11 Å². The van der Waals surface area contributed by atoms with Gasteiger partial charge in [0.1, 0.15) is 11.4 Å². The lowest BCUT2D eigenvalue weighted by Gasteiger charge is -2.03. The molecule has 0 aliphatic rings. The van der Waals surface area contributed by atoms with E-state index in [1.165, 1.54) is 0 Å². The number of nitrogens with zero attached hydrogens (tertiary/aromatic N) is 1. The van der Waals surface area contributed by atoms with Crippen molar-refractivity contribution in [3.63, 3.8) is 0 Å². The lowest BCUT2D eigenvalue weighted by Crippen LogP contribution is -1.85. The molecule has 0 amide bonds. The molecule has 0 N–H and O–H groups in total. The van der Waals surface area contributed by atoms with E-state index in [1.54, 1.807) is 32.2 Å². The third-order valence-corrected chi connectivity index (χ3v) is 1.57. The molecule has 58 valence electrons. The van der Waals surface area contributed by atoms with Gasteiger partial charge in [-0.25, -0.2) is 0 Å². The zero-order chi connectivity index (χ0) is 8.27. The zero-order valence-corrected chi connectivity index (χ0v) is 6.50. The van der Waals surface area contributed by atoms with Gasteiger partial charge in [0.25, 0.3) is 0 Å². The first-order valence-corrected chi connectivity index (χ1v) is 3.26. The van der Waals surface area contributed by atoms with Crippen molar-refractivity contribution < 1.29 is 4.74 Å². The van der Waals surface area contributed by atoms with Crippen LogP contribution in [0, 0.1) is 11.8 Å². The predicted molar refractivity (Wildman–Crippen MR) is 43.2 cm³/mol. The maximum Gasteiger partial charge on any atom is 0.124 e. The monoisotopic (exact) mass is 151 g/mol. The molecule has 0 atom stereocenters. The summed E-state index contributed by atoms with van der Waals surface area (Å²) in [4.78, 5) is 10.2. The molecule has 0 saturated carbocycles. The van der Waals surface area contributed by atoms with Gasteiger partial charge in [0.15, 0.2) is 0 Å². The van der Waals surface area contributed by atoms with Crippen molar-refractivity contribution in [1.82, 2.24) is 0 Å². The van der Waals surface area contributed by atoms with E-state index in [2.05, 4.69) is 5.18 Å². The lowest BCUT2D eigenvalue weighted by atomic mass is 10.2. The smallest absolute Gasteiger partial charge is 0.124 e. The van der Waals surface area contributed by atoms with Gasteiger partial charge in [-0.2, -0.15) is 0 Å². The molecule has 0 radical (unpaired) electrons. The number of ether oxygens (including phenoxy) is 1. The minimum absolute atomic E-state index is 0.435. The van der Waals surface area contributed by atoms with Crippen molar-refractivity contribution in [1.29, 1.82) is 0 Å². The van der Waals surface area contributed by atoms with E-state index in [0.717, 1.165) is 5.56 Å². The maximum atomic E-state index is 10.2. The average molecular weight is 151 g/mol. The van der Waals surface area contributed by atoms with Gasteiger partial charge in [-0.1, -0.05) is 6.07 Å². The SMILES string of the molecule is COc1cccc(N=O)c1C. The van der Waals surface area contributed by atoms with E-state index in [1.807, 2.05) is 0 Å². The molecule has 0 aliphatic carbocycles. The fourth-order valence-electron chi connectivity index (χ4n) is 0.923. The van der Waals surface area contributed by atoms with Crippen LogP contribution in [0.25, 0.3) is 0 Å². The zero-order valence-electron chi connectivity index (χ0n) is 6.50. The molecule has 0 fully saturated rings. The van der Waals surface area contributed by atoms with Crippen molar-refractivity contribution in [2.24, 2.45) is 5.18 Å². The summed E-state index contributed by atoms with van der Waals surface area (Å²) >= 11 is 0. The Bertz CT molecular complexity index is 271. The molecule has 0 spiro atoms. The van der Waals surface area contributed by atoms with Crippen LogP contribution in [-0.2, 0) is 0 Å². The molecular formula is C8H9NO2. The van der Waals surface area contributed by atoms with Gasteiger partial charge >= 0.3 is 0 Å². The summed E-state index contributed by atoms with van der Waals surface area (Å²) in [6.45, 7) is 1.80. The van der Waals surface area contributed by atoms with Crippen molar-refractivity contribution in [2.45, 2.75) is 6.92 Å². The standard InChI is InChI=1S/C8H9NO2/c1-6-7(9-10)4-3-5-8(6)11-2/h3-5H,1-2H3. The van der Waals surface area contributed by atoms with Gasteiger partial charge in [0, 0.05) is 5.56 Å². The van der Waals surface area contributed by atoms with Crippen LogP contribution >= 0.6 is 0 Å². The summed E-state index contributed by atoms with van der Waals surface area (Å²) < 4.78 is 4.99. The Balaban J connectivity index is 3.20. The van der Waals surface area contributed by atoms with Gasteiger partial charge in [-0.15, -0.1) is 4.91 Å². The highest BCUT2D eigenvalue weighted by Crippen LogP contribution is 2.26. The summed E-state index contributed by atoms with van der Waals surface area (Å²) in [5.74, 6) is 0.696. The quantitative estimate of drug-likeness (QED) is 0.609. The third-order valence-electron chi connectivity index (χ3n) is 1.57. The second-order valence-electron chi connectivity index (χ2n) is 2.20. The molecule has 1 aromatic rings. The normalized spacial score (nSPS) is 9.27. The Labute approximate surface area is 65.0 Å². The molecule has 0 bridgehead atoms. The fourth-order valence-corrected chi connectivity index (χ4v) is 0.923. The predicted octanol–water partition coefficient (Wildman–Crippen LogP) is 2.40. The molecule has 3 nitrogen and oxygen atoms in total. The fraction of sp³-hybridized carbons (Fsp3) is 0.250. The molecule has 1 rings (SSSR count). The highest BCUT2D eigenvalue weighted by molar-refractivity contribution is 5.52. The summed E-state index contributed by atoms with van der Waals surface area (Å²) in [7, 11) is 1.57. The molecule has 3 heteroatoms. The van der Waals surface area contributed by atoms with Crippen molar-refractivity contribution in [2.75, 3.05) is 7.11 Å². The number of nitroso groups, excluding NO2 is 1. The molecule has 1 aromatic carbocycles. The van der Waals surface area contributed by atoms with Gasteiger partial charge in [-0.05, 0) is 24.2 Å². The minimum atomic E-state index is 0.435. The van der Waals surface area contributed by atoms with Crippen molar-refractivity contribution in [3.05, 3.63) is 28.7 Å². The summed E-state index contributed by atoms with van der Waals surface area (Å²) in [5, 5.41) is 2.85. The Morgan fingerprint density at radius 1 is 1.45 bits per heavy atom. The van der Waals surface area contributed by atoms with Gasteiger partial charge in [-0.3, -0.25) is 0 Å². The van der Waals surface area contributed by atoms with Gasteiger partial charge < -0.3 is 4.74 Å². The first kappa shape index (κ1) is 7.72. The van der Waals surface area contributed by atoms with Crippen LogP contribution in [0.2, 0.25) is 0 Å². The van der Waals surface area contributed by atoms with Crippen LogP contribution < -0.4 is 4.74 Å². The highest BCUT2D eigenvalue weighted by Gasteiger charge is 2.02. The molecule has 0 aromatic heterocycles. The number of benzene rings is 1. The number of hydrogen-bond acceptors (Lipinski definition) is 3. The Kier molecular flexibility index (Phi) is 2.21. The number of hydrogen-bond donors (Lipinski definition) is 0. The number of methoxy groups -OCH3 is 1. The first-order valence-electron chi connectivity index (χ1n) is 3.26. The van der Waals surface area contributed by atoms with E-state index < -0.39 is 0 Å². The van der Waals surface area contributed by atoms with Crippen LogP contribution in [0.4, 0.5) is 5.69 Å². The van der Waals surface area contributed by atoms with E-state index in [4.69, 9.17) is 4.74 Å². The van der Waals surface area contributed by atoms with Gasteiger partial charge in [0.2, 0.25) is 0 Å². The van der Waals surface area contributed by atoms with E-state index in [-0.39, 0.29) is 0 Å². The highest BCUT2D eigenvalue weighted by atomic mass is 16.5. The summed E-state index contributed by atoms with van der Waals surface area (Å²) in [6.07, 6.45) is 0. The second-order valence-corrected chi connectivity index (χ2v) is 2.20. The molecule has 11 heavy (non-hydrogen) atoms. The Hall–Kier alpha value is -1.38. The lowest BCUT2D eigenvalue weighted by molar-refractivity contribution is 0.412. The molecular weight excluding hydrogens is 142 g/mol. The summed E-state index contributed by atoms with van der Waals surface area (Å²) in [5.41, 5.74) is 1.22. The molecule has 0 heterocycles. The molecule has 0 saturated heterocycles. The topological polar surface area (TPSA) is 38.7 Å². The Morgan fingerprint density at radius 2 is 2.18 bits per heavy atom. The first-order chi connectivity index (χ1) is 5.29. The van der Waals surface area contributed by atoms with Crippen molar-refractivity contribution >= 4 is 5.69 Å². The minimum Gasteiger partial charge on any atom is -0.496 e. The largest absolute Gasteiger partial charge is 0.496 e. The van der Waals surface area contributed by atoms with Gasteiger partial charge in [0.05, 0.1) is 7.11 Å². The van der Waals surface area contributed by atoms with E-state index >= 15 is 0 Å². The van der Waals surface area contributed by atoms with Crippen molar-refractivity contribution in [3.8, 4) is 5.75 Å². The van der Waals surface area contributed by atoms with Crippen LogP contribution in [0.1, 0.15) is 5.56 Å². The van der Waals surface area contributed by atoms with Crippen LogP contribution in [0.5, 0.6) is 5.75 Å². The van der Waals surface area contributed by atoms with Crippen LogP contribution in [0.15, 0.2) is 23.4 Å². The maximum absolute atomic E-state index is 10.2. The van der Waals surface area contributed by atoms with E-state index in [0.29, 0.717) is 11.4 Å². The number of rotatable bonds is 2. The summed E-state index contributed by atoms with van der Waals surface area (Å²) in [6, 6.07) is 5.19. The van der Waals surface area contributed by atoms with Crippen LogP contribution in [0.3, 0.4) is 0 Å². The average Bonchev–Trinajstić information content (AvgIpc) is 2.05. The Morgan fingerprint density at radius 3 is 2.73 bits per heavy atom. The van der Waals surface area contributed by atoms with E-state index in [9.17, 15) is 4.91 Å².